The van der Waals surface area contributed by atoms with E-state index in [4.69, 9.17) is 4.42 Å². The first-order valence-corrected chi connectivity index (χ1v) is 5.48. The molecule has 2 aromatic rings. The fourth-order valence-corrected chi connectivity index (χ4v) is 1.58. The molecule has 18 heavy (non-hydrogen) atoms. The standard InChI is InChI=1S/C11H5BrF3NO2/c12-9-2-1-8(18-9)11(17)16-10-6(14)3-5(13)4-7(10)15/h1-4H,(H,16,17). The van der Waals surface area contributed by atoms with E-state index in [9.17, 15) is 18.0 Å². The zero-order valence-corrected chi connectivity index (χ0v) is 10.2. The van der Waals surface area contributed by atoms with Gasteiger partial charge in [-0.1, -0.05) is 0 Å². The first-order valence-electron chi connectivity index (χ1n) is 4.68. The number of furan rings is 1. The minimum atomic E-state index is -1.20. The third-order valence-electron chi connectivity index (χ3n) is 2.04. The van der Waals surface area contributed by atoms with Crippen LogP contribution in [0.4, 0.5) is 18.9 Å². The van der Waals surface area contributed by atoms with Crippen LogP contribution in [0.5, 0.6) is 0 Å². The van der Waals surface area contributed by atoms with Crippen molar-refractivity contribution in [2.75, 3.05) is 5.32 Å². The van der Waals surface area contributed by atoms with E-state index in [1.54, 1.807) is 0 Å². The molecule has 0 aliphatic carbocycles. The number of benzene rings is 1. The van der Waals surface area contributed by atoms with Crippen molar-refractivity contribution in [3.8, 4) is 0 Å². The van der Waals surface area contributed by atoms with Gasteiger partial charge in [-0.25, -0.2) is 13.2 Å². The number of carbonyl (C=O) groups excluding carboxylic acids is 1. The molecule has 0 aliphatic heterocycles. The lowest BCUT2D eigenvalue weighted by atomic mass is 10.2. The third kappa shape index (κ3) is 2.56. The zero-order chi connectivity index (χ0) is 13.3. The van der Waals surface area contributed by atoms with Crippen molar-refractivity contribution >= 4 is 27.5 Å². The highest BCUT2D eigenvalue weighted by atomic mass is 79.9. The quantitative estimate of drug-likeness (QED) is 0.916. The molecular formula is C11H5BrF3NO2. The predicted molar refractivity (Wildman–Crippen MR) is 60.7 cm³/mol. The maximum Gasteiger partial charge on any atom is 0.291 e. The van der Waals surface area contributed by atoms with Crippen molar-refractivity contribution in [3.63, 3.8) is 0 Å². The van der Waals surface area contributed by atoms with Gasteiger partial charge in [0.25, 0.3) is 5.91 Å². The van der Waals surface area contributed by atoms with Gasteiger partial charge in [0.1, 0.15) is 11.5 Å². The van der Waals surface area contributed by atoms with Crippen LogP contribution in [0.3, 0.4) is 0 Å². The molecule has 1 aromatic carbocycles. The summed E-state index contributed by atoms with van der Waals surface area (Å²) in [6.45, 7) is 0. The van der Waals surface area contributed by atoms with Gasteiger partial charge in [-0.2, -0.15) is 0 Å². The van der Waals surface area contributed by atoms with Gasteiger partial charge >= 0.3 is 0 Å². The highest BCUT2D eigenvalue weighted by Gasteiger charge is 2.17. The van der Waals surface area contributed by atoms with Crippen LogP contribution in [0.25, 0.3) is 0 Å². The lowest BCUT2D eigenvalue weighted by Gasteiger charge is -2.06. The van der Waals surface area contributed by atoms with Gasteiger partial charge in [0.2, 0.25) is 0 Å². The summed E-state index contributed by atoms with van der Waals surface area (Å²) in [6, 6.07) is 3.71. The van der Waals surface area contributed by atoms with Crippen LogP contribution < -0.4 is 5.32 Å². The molecule has 0 saturated carbocycles. The number of hydrogen-bond acceptors (Lipinski definition) is 2. The van der Waals surface area contributed by atoms with Gasteiger partial charge in [0.05, 0.1) is 0 Å². The van der Waals surface area contributed by atoms with Crippen molar-refractivity contribution in [1.82, 2.24) is 0 Å². The van der Waals surface area contributed by atoms with Crippen LogP contribution >= 0.6 is 15.9 Å². The van der Waals surface area contributed by atoms with E-state index in [-0.39, 0.29) is 5.76 Å². The first kappa shape index (κ1) is 12.7. The molecule has 1 amide bonds. The minimum Gasteiger partial charge on any atom is -0.444 e. The van der Waals surface area contributed by atoms with Crippen LogP contribution in [-0.2, 0) is 0 Å². The summed E-state index contributed by atoms with van der Waals surface area (Å²) < 4.78 is 44.4. The molecule has 0 bridgehead atoms. The number of rotatable bonds is 2. The van der Waals surface area contributed by atoms with Crippen molar-refractivity contribution in [1.29, 1.82) is 0 Å². The largest absolute Gasteiger partial charge is 0.444 e. The van der Waals surface area contributed by atoms with E-state index in [0.717, 1.165) is 0 Å². The number of hydrogen-bond donors (Lipinski definition) is 1. The molecule has 0 fully saturated rings. The summed E-state index contributed by atoms with van der Waals surface area (Å²) in [7, 11) is 0. The normalized spacial score (nSPS) is 10.4. The van der Waals surface area contributed by atoms with E-state index >= 15 is 0 Å². The average Bonchev–Trinajstić information content (AvgIpc) is 2.70. The number of carbonyl (C=O) groups is 1. The second-order valence-electron chi connectivity index (χ2n) is 3.30. The van der Waals surface area contributed by atoms with Crippen molar-refractivity contribution in [2.45, 2.75) is 0 Å². The smallest absolute Gasteiger partial charge is 0.291 e. The Bertz CT molecular complexity index is 589. The summed E-state index contributed by atoms with van der Waals surface area (Å²) in [4.78, 5) is 11.6. The maximum absolute atomic E-state index is 13.3. The molecule has 94 valence electrons. The van der Waals surface area contributed by atoms with Crippen LogP contribution in [-0.4, -0.2) is 5.91 Å². The van der Waals surface area contributed by atoms with E-state index in [0.29, 0.717) is 16.8 Å². The Balaban J connectivity index is 2.27. The molecule has 0 aliphatic rings. The number of nitrogens with one attached hydrogen (secondary N) is 1. The second-order valence-corrected chi connectivity index (χ2v) is 4.08. The van der Waals surface area contributed by atoms with Gasteiger partial charge in [-0.05, 0) is 28.1 Å². The Hall–Kier alpha value is -1.76. The fourth-order valence-electron chi connectivity index (χ4n) is 1.27. The molecule has 7 heteroatoms. The molecule has 1 heterocycles. The Morgan fingerprint density at radius 1 is 1.17 bits per heavy atom. The van der Waals surface area contributed by atoms with Crippen molar-refractivity contribution in [2.24, 2.45) is 0 Å². The molecule has 2 rings (SSSR count). The molecule has 1 aromatic heterocycles. The molecule has 0 atom stereocenters. The van der Waals surface area contributed by atoms with Crippen LogP contribution in [0.2, 0.25) is 0 Å². The van der Waals surface area contributed by atoms with Gasteiger partial charge in [0, 0.05) is 12.1 Å². The highest BCUT2D eigenvalue weighted by Crippen LogP contribution is 2.22. The lowest BCUT2D eigenvalue weighted by Crippen LogP contribution is -2.13. The average molecular weight is 320 g/mol. The number of amides is 1. The van der Waals surface area contributed by atoms with Crippen LogP contribution in [0.1, 0.15) is 10.6 Å². The van der Waals surface area contributed by atoms with Crippen molar-refractivity contribution < 1.29 is 22.4 Å². The maximum atomic E-state index is 13.3. The molecular weight excluding hydrogens is 315 g/mol. The van der Waals surface area contributed by atoms with Gasteiger partial charge in [-0.3, -0.25) is 4.79 Å². The Morgan fingerprint density at radius 2 is 1.78 bits per heavy atom. The SMILES string of the molecule is O=C(Nc1c(F)cc(F)cc1F)c1ccc(Br)o1. The zero-order valence-electron chi connectivity index (χ0n) is 8.64. The van der Waals surface area contributed by atoms with Gasteiger partial charge in [0.15, 0.2) is 22.1 Å². The lowest BCUT2D eigenvalue weighted by molar-refractivity contribution is 0.0994. The molecule has 0 spiro atoms. The topological polar surface area (TPSA) is 42.2 Å². The highest BCUT2D eigenvalue weighted by molar-refractivity contribution is 9.10. The number of halogens is 4. The number of anilines is 1. The summed E-state index contributed by atoms with van der Waals surface area (Å²) in [5.74, 6) is -4.45. The van der Waals surface area contributed by atoms with Crippen LogP contribution in [0, 0.1) is 17.5 Å². The van der Waals surface area contributed by atoms with E-state index in [1.165, 1.54) is 12.1 Å². The second kappa shape index (κ2) is 4.85. The summed E-state index contributed by atoms with van der Waals surface area (Å²) in [5, 5.41) is 1.97. The minimum absolute atomic E-state index is 0.134. The Kier molecular flexibility index (Phi) is 3.42. The Morgan fingerprint density at radius 3 is 2.28 bits per heavy atom. The molecule has 0 saturated heterocycles. The van der Waals surface area contributed by atoms with E-state index in [1.807, 2.05) is 5.32 Å². The van der Waals surface area contributed by atoms with E-state index in [2.05, 4.69) is 15.9 Å². The van der Waals surface area contributed by atoms with E-state index < -0.39 is 29.0 Å². The third-order valence-corrected chi connectivity index (χ3v) is 2.47. The summed E-state index contributed by atoms with van der Waals surface area (Å²) in [5.41, 5.74) is -0.728. The molecule has 1 N–H and O–H groups in total. The van der Waals surface area contributed by atoms with Crippen LogP contribution in [0.15, 0.2) is 33.4 Å². The summed E-state index contributed by atoms with van der Waals surface area (Å²) in [6.07, 6.45) is 0. The monoisotopic (exact) mass is 319 g/mol. The molecule has 3 nitrogen and oxygen atoms in total. The Labute approximate surface area is 108 Å². The fraction of sp³-hybridized carbons (Fsp3) is 0. The first-order chi connectivity index (χ1) is 8.47. The van der Waals surface area contributed by atoms with Gasteiger partial charge < -0.3 is 9.73 Å². The molecule has 0 radical (unpaired) electrons. The van der Waals surface area contributed by atoms with Crippen molar-refractivity contribution in [3.05, 3.63) is 52.1 Å². The summed E-state index contributed by atoms with van der Waals surface area (Å²) >= 11 is 2.98. The molecule has 0 unspecified atom stereocenters. The van der Waals surface area contributed by atoms with Gasteiger partial charge in [-0.15, -0.1) is 0 Å². The predicted octanol–water partition coefficient (Wildman–Crippen LogP) is 3.71.